The van der Waals surface area contributed by atoms with Crippen molar-refractivity contribution in [3.8, 4) is 17.1 Å². The number of nitrogens with zero attached hydrogens (tertiary/aromatic N) is 4. The van der Waals surface area contributed by atoms with Crippen molar-refractivity contribution >= 4 is 33.3 Å². The predicted octanol–water partition coefficient (Wildman–Crippen LogP) is 4.61. The molecule has 0 saturated heterocycles. The molecule has 7 nitrogen and oxygen atoms in total. The summed E-state index contributed by atoms with van der Waals surface area (Å²) in [5.41, 5.74) is 2.16. The third kappa shape index (κ3) is 3.65. The van der Waals surface area contributed by atoms with Gasteiger partial charge in [-0.3, -0.25) is 9.36 Å². The number of aromatic nitrogens is 5. The van der Waals surface area contributed by atoms with Crippen LogP contribution < -0.4 is 10.3 Å². The summed E-state index contributed by atoms with van der Waals surface area (Å²) in [5, 5.41) is 10.5. The third-order valence-corrected chi connectivity index (χ3v) is 7.63. The van der Waals surface area contributed by atoms with Crippen LogP contribution in [-0.2, 0) is 18.6 Å². The molecule has 0 atom stereocenters. The van der Waals surface area contributed by atoms with Gasteiger partial charge in [-0.05, 0) is 62.9 Å². The lowest BCUT2D eigenvalue weighted by Crippen LogP contribution is -2.11. The van der Waals surface area contributed by atoms with Crippen molar-refractivity contribution in [3.63, 3.8) is 0 Å². The number of methoxy groups -OCH3 is 1. The summed E-state index contributed by atoms with van der Waals surface area (Å²) in [6, 6.07) is 8.00. The summed E-state index contributed by atoms with van der Waals surface area (Å²) in [6.07, 6.45) is 3.18. The maximum absolute atomic E-state index is 12.7. The van der Waals surface area contributed by atoms with Crippen LogP contribution >= 0.6 is 23.1 Å². The Bertz CT molecular complexity index is 1300. The van der Waals surface area contributed by atoms with Crippen molar-refractivity contribution < 1.29 is 4.74 Å². The Morgan fingerprint density at radius 3 is 2.77 bits per heavy atom. The molecule has 1 aliphatic rings. The second-order valence-corrected chi connectivity index (χ2v) is 9.86. The van der Waals surface area contributed by atoms with Crippen molar-refractivity contribution in [2.24, 2.45) is 0 Å². The summed E-state index contributed by atoms with van der Waals surface area (Å²) >= 11 is 3.20. The first-order valence-corrected chi connectivity index (χ1v) is 12.1. The maximum Gasteiger partial charge on any atom is 0.259 e. The van der Waals surface area contributed by atoms with Gasteiger partial charge in [-0.1, -0.05) is 11.8 Å². The molecular weight excluding hydrogens is 430 g/mol. The van der Waals surface area contributed by atoms with Gasteiger partial charge in [0.2, 0.25) is 0 Å². The van der Waals surface area contributed by atoms with E-state index in [9.17, 15) is 4.79 Å². The molecule has 0 bridgehead atoms. The number of benzene rings is 1. The van der Waals surface area contributed by atoms with Crippen LogP contribution in [0.1, 0.15) is 42.6 Å². The molecule has 1 N–H and O–H groups in total. The van der Waals surface area contributed by atoms with Gasteiger partial charge >= 0.3 is 0 Å². The zero-order valence-electron chi connectivity index (χ0n) is 17.6. The molecule has 160 valence electrons. The fourth-order valence-corrected chi connectivity index (χ4v) is 6.24. The van der Waals surface area contributed by atoms with E-state index in [0.717, 1.165) is 51.8 Å². The highest BCUT2D eigenvalue weighted by Crippen LogP contribution is 2.35. The SMILES string of the molecule is COc1ccc(-c2nnc(SCc3nc4sc5c(c4c(=O)[nH]3)CCC5)n2C(C)C)cc1. The van der Waals surface area contributed by atoms with Crippen molar-refractivity contribution in [2.75, 3.05) is 7.11 Å². The predicted molar refractivity (Wildman–Crippen MR) is 124 cm³/mol. The van der Waals surface area contributed by atoms with Crippen molar-refractivity contribution in [1.82, 2.24) is 24.7 Å². The molecule has 4 aromatic rings. The fourth-order valence-electron chi connectivity index (χ4n) is 4.03. The van der Waals surface area contributed by atoms with Crippen molar-refractivity contribution in [3.05, 3.63) is 50.9 Å². The van der Waals surface area contributed by atoms with Crippen LogP contribution in [-0.4, -0.2) is 31.8 Å². The lowest BCUT2D eigenvalue weighted by Gasteiger charge is -2.14. The van der Waals surface area contributed by atoms with Crippen LogP contribution in [0.5, 0.6) is 5.75 Å². The molecule has 0 unspecified atom stereocenters. The van der Waals surface area contributed by atoms with Crippen molar-refractivity contribution in [2.45, 2.75) is 50.1 Å². The average Bonchev–Trinajstić information content (AvgIpc) is 3.46. The number of thiophene rings is 1. The first-order valence-electron chi connectivity index (χ1n) is 10.3. The zero-order chi connectivity index (χ0) is 21.5. The van der Waals surface area contributed by atoms with Crippen LogP contribution in [0.4, 0.5) is 0 Å². The van der Waals surface area contributed by atoms with E-state index < -0.39 is 0 Å². The minimum Gasteiger partial charge on any atom is -0.497 e. The fraction of sp³-hybridized carbons (Fsp3) is 0.364. The van der Waals surface area contributed by atoms with E-state index in [1.165, 1.54) is 22.2 Å². The normalized spacial score (nSPS) is 13.3. The number of H-pyrrole nitrogens is 1. The quantitative estimate of drug-likeness (QED) is 0.429. The van der Waals surface area contributed by atoms with Gasteiger partial charge in [0.1, 0.15) is 16.4 Å². The van der Waals surface area contributed by atoms with E-state index in [4.69, 9.17) is 9.72 Å². The summed E-state index contributed by atoms with van der Waals surface area (Å²) in [7, 11) is 1.65. The van der Waals surface area contributed by atoms with Crippen LogP contribution in [0.15, 0.2) is 34.2 Å². The van der Waals surface area contributed by atoms with Gasteiger partial charge in [-0.2, -0.15) is 0 Å². The molecular formula is C22H23N5O2S2. The molecule has 0 saturated carbocycles. The zero-order valence-corrected chi connectivity index (χ0v) is 19.3. The van der Waals surface area contributed by atoms with E-state index in [0.29, 0.717) is 11.6 Å². The Labute approximate surface area is 187 Å². The van der Waals surface area contributed by atoms with Crippen molar-refractivity contribution in [1.29, 1.82) is 0 Å². The second kappa shape index (κ2) is 8.12. The number of nitrogens with one attached hydrogen (secondary N) is 1. The molecule has 0 radical (unpaired) electrons. The molecule has 9 heteroatoms. The lowest BCUT2D eigenvalue weighted by molar-refractivity contribution is 0.415. The monoisotopic (exact) mass is 453 g/mol. The summed E-state index contributed by atoms with van der Waals surface area (Å²) < 4.78 is 7.37. The maximum atomic E-state index is 12.7. The summed E-state index contributed by atoms with van der Waals surface area (Å²) in [5.74, 6) is 2.82. The van der Waals surface area contributed by atoms with Crippen LogP contribution in [0.3, 0.4) is 0 Å². The van der Waals surface area contributed by atoms with Gasteiger partial charge < -0.3 is 9.72 Å². The van der Waals surface area contributed by atoms with E-state index in [2.05, 4.69) is 33.6 Å². The molecule has 0 aliphatic heterocycles. The molecule has 0 fully saturated rings. The Balaban J connectivity index is 1.43. The van der Waals surface area contributed by atoms with E-state index in [1.54, 1.807) is 18.4 Å². The van der Waals surface area contributed by atoms with Gasteiger partial charge in [0, 0.05) is 16.5 Å². The van der Waals surface area contributed by atoms with Crippen LogP contribution in [0.25, 0.3) is 21.6 Å². The molecule has 0 spiro atoms. The molecule has 1 aliphatic carbocycles. The van der Waals surface area contributed by atoms with E-state index in [1.807, 2.05) is 24.3 Å². The largest absolute Gasteiger partial charge is 0.497 e. The van der Waals surface area contributed by atoms with Gasteiger partial charge in [0.05, 0.1) is 18.2 Å². The minimum atomic E-state index is -0.0238. The highest BCUT2D eigenvalue weighted by Gasteiger charge is 2.22. The Hall–Kier alpha value is -2.65. The molecule has 3 heterocycles. The number of aryl methyl sites for hydroxylation is 2. The number of hydrogen-bond acceptors (Lipinski definition) is 7. The molecule has 3 aromatic heterocycles. The smallest absolute Gasteiger partial charge is 0.259 e. The van der Waals surface area contributed by atoms with Gasteiger partial charge in [-0.15, -0.1) is 21.5 Å². The third-order valence-electron chi connectivity index (χ3n) is 5.49. The number of hydrogen-bond donors (Lipinski definition) is 1. The highest BCUT2D eigenvalue weighted by atomic mass is 32.2. The molecule has 5 rings (SSSR count). The lowest BCUT2D eigenvalue weighted by atomic mass is 10.2. The highest BCUT2D eigenvalue weighted by molar-refractivity contribution is 7.98. The van der Waals surface area contributed by atoms with E-state index >= 15 is 0 Å². The van der Waals surface area contributed by atoms with Gasteiger partial charge in [0.25, 0.3) is 5.56 Å². The number of fused-ring (bicyclic) bond motifs is 3. The Kier molecular flexibility index (Phi) is 5.31. The van der Waals surface area contributed by atoms with Gasteiger partial charge in [-0.25, -0.2) is 4.98 Å². The topological polar surface area (TPSA) is 85.7 Å². The summed E-state index contributed by atoms with van der Waals surface area (Å²) in [4.78, 5) is 22.6. The Morgan fingerprint density at radius 2 is 2.03 bits per heavy atom. The van der Waals surface area contributed by atoms with Crippen LogP contribution in [0.2, 0.25) is 0 Å². The molecule has 31 heavy (non-hydrogen) atoms. The first kappa shape index (κ1) is 20.3. The minimum absolute atomic E-state index is 0.0238. The standard InChI is InChI=1S/C22H23N5O2S2/c1-12(2)27-19(13-7-9-14(29-3)10-8-13)25-26-22(27)30-11-17-23-20(28)18-15-5-4-6-16(15)31-21(18)24-17/h7-10,12H,4-6,11H2,1-3H3,(H,23,24,28). The average molecular weight is 454 g/mol. The second-order valence-electron chi connectivity index (χ2n) is 7.84. The number of thioether (sulfide) groups is 1. The molecule has 0 amide bonds. The van der Waals surface area contributed by atoms with Crippen LogP contribution in [0, 0.1) is 0 Å². The number of aromatic amines is 1. The number of ether oxygens (including phenoxy) is 1. The summed E-state index contributed by atoms with van der Waals surface area (Å²) in [6.45, 7) is 4.22. The van der Waals surface area contributed by atoms with E-state index in [-0.39, 0.29) is 11.6 Å². The van der Waals surface area contributed by atoms with Gasteiger partial charge in [0.15, 0.2) is 11.0 Å². The Morgan fingerprint density at radius 1 is 1.23 bits per heavy atom. The molecule has 1 aromatic carbocycles. The first-order chi connectivity index (χ1) is 15.0. The number of rotatable bonds is 6.